The molecule has 2 rings (SSSR count). The normalized spacial score (nSPS) is 14.3. The molecule has 0 saturated carbocycles. The summed E-state index contributed by atoms with van der Waals surface area (Å²) in [5, 5.41) is 4.32. The summed E-state index contributed by atoms with van der Waals surface area (Å²) >= 11 is 0. The number of rotatable bonds is 4. The topological polar surface area (TPSA) is 68.0 Å². The molecule has 0 spiro atoms. The average Bonchev–Trinajstić information content (AvgIpc) is 2.35. The monoisotopic (exact) mass is 263 g/mol. The summed E-state index contributed by atoms with van der Waals surface area (Å²) in [6, 6.07) is 9.53. The minimum atomic E-state index is -0.821. The first kappa shape index (κ1) is 12.8. The molecule has 0 saturated heterocycles. The third kappa shape index (κ3) is 2.98. The third-order valence-corrected chi connectivity index (χ3v) is 4.15. The van der Waals surface area contributed by atoms with Crippen molar-refractivity contribution in [3.8, 4) is 0 Å². The highest BCUT2D eigenvalue weighted by atomic mass is 32.2. The van der Waals surface area contributed by atoms with Crippen LogP contribution in [-0.4, -0.2) is 27.2 Å². The molecule has 0 radical (unpaired) electrons. The van der Waals surface area contributed by atoms with Crippen LogP contribution >= 0.6 is 0 Å². The summed E-state index contributed by atoms with van der Waals surface area (Å²) < 4.78 is 11.3. The number of anilines is 2. The van der Waals surface area contributed by atoms with Gasteiger partial charge >= 0.3 is 0 Å². The van der Waals surface area contributed by atoms with E-state index in [9.17, 15) is 4.21 Å². The van der Waals surface area contributed by atoms with Crippen molar-refractivity contribution in [1.82, 2.24) is 4.98 Å². The van der Waals surface area contributed by atoms with Crippen molar-refractivity contribution in [2.24, 2.45) is 0 Å². The molecule has 18 heavy (non-hydrogen) atoms. The summed E-state index contributed by atoms with van der Waals surface area (Å²) in [6.45, 7) is 2.60. The quantitative estimate of drug-likeness (QED) is 0.828. The Labute approximate surface area is 109 Å². The highest BCUT2D eigenvalue weighted by molar-refractivity contribution is 7.84. The fourth-order valence-corrected chi connectivity index (χ4v) is 1.93. The van der Waals surface area contributed by atoms with Crippen LogP contribution in [0.4, 0.5) is 11.5 Å². The van der Waals surface area contributed by atoms with Gasteiger partial charge in [0.05, 0.1) is 5.52 Å². The Hall–Kier alpha value is -1.62. The van der Waals surface area contributed by atoms with Crippen LogP contribution in [0.1, 0.15) is 6.92 Å². The molecule has 4 nitrogen and oxygen atoms in total. The van der Waals surface area contributed by atoms with E-state index in [1.54, 1.807) is 6.26 Å². The van der Waals surface area contributed by atoms with Crippen LogP contribution in [0.15, 0.2) is 30.3 Å². The maximum absolute atomic E-state index is 11.3. The number of nitrogen functional groups attached to an aromatic ring is 1. The molecule has 1 heterocycles. The number of nitrogens with two attached hydrogens (primary N) is 1. The number of fused-ring (bicyclic) bond motifs is 1. The first-order valence-corrected chi connectivity index (χ1v) is 7.41. The Morgan fingerprint density at radius 1 is 1.39 bits per heavy atom. The molecule has 3 N–H and O–H groups in total. The van der Waals surface area contributed by atoms with E-state index >= 15 is 0 Å². The Morgan fingerprint density at radius 3 is 2.89 bits per heavy atom. The van der Waals surface area contributed by atoms with Crippen LogP contribution in [0, 0.1) is 0 Å². The van der Waals surface area contributed by atoms with Crippen molar-refractivity contribution in [2.45, 2.75) is 12.2 Å². The molecule has 96 valence electrons. The molecule has 2 unspecified atom stereocenters. The highest BCUT2D eigenvalue weighted by Crippen LogP contribution is 2.17. The lowest BCUT2D eigenvalue weighted by atomic mass is 10.2. The van der Waals surface area contributed by atoms with Gasteiger partial charge in [-0.1, -0.05) is 0 Å². The zero-order valence-corrected chi connectivity index (χ0v) is 11.3. The maximum atomic E-state index is 11.3. The predicted octanol–water partition coefficient (Wildman–Crippen LogP) is 2.00. The minimum Gasteiger partial charge on any atom is -0.399 e. The summed E-state index contributed by atoms with van der Waals surface area (Å²) in [7, 11) is -0.821. The van der Waals surface area contributed by atoms with Crippen LogP contribution in [0.2, 0.25) is 0 Å². The molecule has 1 aromatic heterocycles. The van der Waals surface area contributed by atoms with Gasteiger partial charge in [0.1, 0.15) is 5.82 Å². The molecule has 2 atom stereocenters. The van der Waals surface area contributed by atoms with E-state index in [4.69, 9.17) is 5.73 Å². The van der Waals surface area contributed by atoms with Gasteiger partial charge in [0.25, 0.3) is 0 Å². The van der Waals surface area contributed by atoms with Crippen molar-refractivity contribution in [3.63, 3.8) is 0 Å². The van der Waals surface area contributed by atoms with E-state index < -0.39 is 10.8 Å². The van der Waals surface area contributed by atoms with Gasteiger partial charge in [-0.15, -0.1) is 0 Å². The lowest BCUT2D eigenvalue weighted by Gasteiger charge is -2.11. The Bertz CT molecular complexity index is 585. The molecule has 0 amide bonds. The third-order valence-electron chi connectivity index (χ3n) is 2.85. The number of hydrogen-bond donors (Lipinski definition) is 2. The van der Waals surface area contributed by atoms with Gasteiger partial charge in [-0.2, -0.15) is 0 Å². The second kappa shape index (κ2) is 5.35. The second-order valence-electron chi connectivity index (χ2n) is 4.34. The van der Waals surface area contributed by atoms with Crippen LogP contribution in [0.25, 0.3) is 10.9 Å². The van der Waals surface area contributed by atoms with Crippen molar-refractivity contribution >= 4 is 33.2 Å². The fraction of sp³-hybridized carbons (Fsp3) is 0.308. The molecule has 5 heteroatoms. The molecular formula is C13H17N3OS. The van der Waals surface area contributed by atoms with Crippen LogP contribution in [-0.2, 0) is 10.8 Å². The Kier molecular flexibility index (Phi) is 3.81. The van der Waals surface area contributed by atoms with E-state index in [0.717, 1.165) is 22.4 Å². The summed E-state index contributed by atoms with van der Waals surface area (Å²) in [6.07, 6.45) is 1.71. The van der Waals surface area contributed by atoms with Gasteiger partial charge in [-0.25, -0.2) is 4.98 Å². The number of pyridine rings is 1. The molecule has 0 fully saturated rings. The van der Waals surface area contributed by atoms with E-state index in [-0.39, 0.29) is 5.25 Å². The maximum Gasteiger partial charge on any atom is 0.126 e. The van der Waals surface area contributed by atoms with Gasteiger partial charge in [0, 0.05) is 39.9 Å². The van der Waals surface area contributed by atoms with E-state index in [1.807, 2.05) is 37.3 Å². The van der Waals surface area contributed by atoms with Crippen molar-refractivity contribution in [1.29, 1.82) is 0 Å². The highest BCUT2D eigenvalue weighted by Gasteiger charge is 2.06. The number of nitrogens with one attached hydrogen (secondary N) is 1. The van der Waals surface area contributed by atoms with E-state index in [0.29, 0.717) is 6.54 Å². The predicted molar refractivity (Wildman–Crippen MR) is 78.2 cm³/mol. The standard InChI is InChI=1S/C13H17N3OS/c1-9(18(2)17)8-15-13-6-3-10-7-11(14)4-5-12(10)16-13/h3-7,9H,8,14H2,1-2H3,(H,15,16). The molecule has 1 aromatic carbocycles. The van der Waals surface area contributed by atoms with Gasteiger partial charge in [-0.05, 0) is 37.3 Å². The Morgan fingerprint density at radius 2 is 2.17 bits per heavy atom. The Balaban J connectivity index is 2.15. The van der Waals surface area contributed by atoms with Gasteiger partial charge in [0.2, 0.25) is 0 Å². The SMILES string of the molecule is CC(CNc1ccc2cc(N)ccc2n1)S(C)=O. The van der Waals surface area contributed by atoms with Crippen LogP contribution in [0.5, 0.6) is 0 Å². The largest absolute Gasteiger partial charge is 0.399 e. The van der Waals surface area contributed by atoms with Crippen LogP contribution in [0.3, 0.4) is 0 Å². The lowest BCUT2D eigenvalue weighted by molar-refractivity contribution is 0.679. The van der Waals surface area contributed by atoms with E-state index in [1.165, 1.54) is 0 Å². The lowest BCUT2D eigenvalue weighted by Crippen LogP contribution is -2.21. The second-order valence-corrected chi connectivity index (χ2v) is 6.14. The van der Waals surface area contributed by atoms with E-state index in [2.05, 4.69) is 10.3 Å². The zero-order chi connectivity index (χ0) is 13.1. The molecule has 0 aliphatic heterocycles. The van der Waals surface area contributed by atoms with Gasteiger partial charge in [-0.3, -0.25) is 4.21 Å². The van der Waals surface area contributed by atoms with Gasteiger partial charge in [0.15, 0.2) is 0 Å². The van der Waals surface area contributed by atoms with Crippen LogP contribution < -0.4 is 11.1 Å². The molecule has 0 aliphatic rings. The smallest absolute Gasteiger partial charge is 0.126 e. The number of nitrogens with zero attached hydrogens (tertiary/aromatic N) is 1. The molecule has 0 aliphatic carbocycles. The minimum absolute atomic E-state index is 0.105. The average molecular weight is 263 g/mol. The summed E-state index contributed by atoms with van der Waals surface area (Å²) in [5.41, 5.74) is 7.35. The summed E-state index contributed by atoms with van der Waals surface area (Å²) in [4.78, 5) is 4.48. The van der Waals surface area contributed by atoms with Crippen molar-refractivity contribution in [2.75, 3.05) is 23.9 Å². The first-order chi connectivity index (χ1) is 8.56. The van der Waals surface area contributed by atoms with Crippen molar-refractivity contribution < 1.29 is 4.21 Å². The molecular weight excluding hydrogens is 246 g/mol. The number of hydrogen-bond acceptors (Lipinski definition) is 4. The van der Waals surface area contributed by atoms with Crippen molar-refractivity contribution in [3.05, 3.63) is 30.3 Å². The molecule has 0 bridgehead atoms. The number of benzene rings is 1. The van der Waals surface area contributed by atoms with Gasteiger partial charge < -0.3 is 11.1 Å². The fourth-order valence-electron chi connectivity index (χ4n) is 1.61. The summed E-state index contributed by atoms with van der Waals surface area (Å²) in [5.74, 6) is 0.796. The molecule has 2 aromatic rings. The zero-order valence-electron chi connectivity index (χ0n) is 10.5. The first-order valence-electron chi connectivity index (χ1n) is 5.78. The number of aromatic nitrogens is 1.